The van der Waals surface area contributed by atoms with Gasteiger partial charge in [0.1, 0.15) is 5.60 Å². The number of nitrogens with one attached hydrogen (secondary N) is 1. The van der Waals surface area contributed by atoms with Crippen LogP contribution < -0.4 is 10.4 Å². The van der Waals surface area contributed by atoms with Crippen LogP contribution in [0, 0.1) is 0 Å². The summed E-state index contributed by atoms with van der Waals surface area (Å²) >= 11 is 0. The van der Waals surface area contributed by atoms with E-state index in [4.69, 9.17) is 9.47 Å². The van der Waals surface area contributed by atoms with Crippen LogP contribution in [-0.2, 0) is 14.3 Å². The zero-order valence-corrected chi connectivity index (χ0v) is 10.3. The number of carboxylic acids is 1. The van der Waals surface area contributed by atoms with Gasteiger partial charge in [-0.15, -0.1) is 6.58 Å². The third-order valence-electron chi connectivity index (χ3n) is 1.50. The van der Waals surface area contributed by atoms with Crippen LogP contribution in [0.1, 0.15) is 20.8 Å². The second kappa shape index (κ2) is 6.90. The summed E-state index contributed by atoms with van der Waals surface area (Å²) in [6, 6.07) is -1.25. The Hall–Kier alpha value is -1.56. The molecule has 98 valence electrons. The number of alkyl carbamates (subject to hydrolysis) is 1. The van der Waals surface area contributed by atoms with E-state index in [1.54, 1.807) is 20.8 Å². The van der Waals surface area contributed by atoms with E-state index < -0.39 is 23.7 Å². The average Bonchev–Trinajstić information content (AvgIpc) is 2.13. The fourth-order valence-electron chi connectivity index (χ4n) is 0.888. The molecule has 0 saturated carbocycles. The number of hydrogen-bond donors (Lipinski definition) is 1. The van der Waals surface area contributed by atoms with Crippen molar-refractivity contribution in [2.75, 3.05) is 13.2 Å². The van der Waals surface area contributed by atoms with Gasteiger partial charge in [0.15, 0.2) is 0 Å². The Morgan fingerprint density at radius 1 is 1.47 bits per heavy atom. The van der Waals surface area contributed by atoms with Crippen LogP contribution in [0.3, 0.4) is 0 Å². The van der Waals surface area contributed by atoms with E-state index in [0.29, 0.717) is 0 Å². The molecule has 6 heteroatoms. The van der Waals surface area contributed by atoms with Gasteiger partial charge in [-0.05, 0) is 20.8 Å². The van der Waals surface area contributed by atoms with Crippen LogP contribution in [0.2, 0.25) is 0 Å². The zero-order valence-electron chi connectivity index (χ0n) is 10.3. The number of carboxylic acid groups (broad SMARTS) is 1. The quantitative estimate of drug-likeness (QED) is 0.518. The molecule has 0 unspecified atom stereocenters. The van der Waals surface area contributed by atoms with Gasteiger partial charge in [0.25, 0.3) is 0 Å². The maximum absolute atomic E-state index is 11.3. The van der Waals surface area contributed by atoms with Crippen LogP contribution in [0.15, 0.2) is 12.7 Å². The lowest BCUT2D eigenvalue weighted by molar-refractivity contribution is -0.309. The van der Waals surface area contributed by atoms with Crippen molar-refractivity contribution in [3.63, 3.8) is 0 Å². The minimum Gasteiger partial charge on any atom is -0.548 e. The zero-order chi connectivity index (χ0) is 13.5. The summed E-state index contributed by atoms with van der Waals surface area (Å²) < 4.78 is 9.84. The summed E-state index contributed by atoms with van der Waals surface area (Å²) in [6.45, 7) is 8.43. The van der Waals surface area contributed by atoms with Gasteiger partial charge in [0.2, 0.25) is 0 Å². The standard InChI is InChI=1S/C11H19NO5/c1-5-6-16-7-8(9(13)14)12-10(15)17-11(2,3)4/h5,8H,1,6-7H2,2-4H3,(H,12,15)(H,13,14)/p-1/t8-/m0/s1. The maximum Gasteiger partial charge on any atom is 0.408 e. The number of amides is 1. The molecule has 0 heterocycles. The van der Waals surface area contributed by atoms with Crippen molar-refractivity contribution in [3.8, 4) is 0 Å². The summed E-state index contributed by atoms with van der Waals surface area (Å²) in [6.07, 6.45) is 0.647. The van der Waals surface area contributed by atoms with Crippen molar-refractivity contribution < 1.29 is 24.2 Å². The largest absolute Gasteiger partial charge is 0.548 e. The molecule has 0 saturated heterocycles. The van der Waals surface area contributed by atoms with Crippen molar-refractivity contribution in [3.05, 3.63) is 12.7 Å². The molecule has 1 atom stereocenters. The van der Waals surface area contributed by atoms with Crippen LogP contribution >= 0.6 is 0 Å². The van der Waals surface area contributed by atoms with Gasteiger partial charge in [0, 0.05) is 0 Å². The molecule has 0 radical (unpaired) electrons. The lowest BCUT2D eigenvalue weighted by Crippen LogP contribution is -2.51. The molecule has 6 nitrogen and oxygen atoms in total. The van der Waals surface area contributed by atoms with E-state index in [-0.39, 0.29) is 13.2 Å². The number of carbonyl (C=O) groups is 2. The Labute approximate surface area is 101 Å². The third kappa shape index (κ3) is 8.27. The lowest BCUT2D eigenvalue weighted by atomic mass is 10.2. The molecule has 0 aromatic rings. The van der Waals surface area contributed by atoms with Crippen molar-refractivity contribution in [1.82, 2.24) is 5.32 Å². The minimum atomic E-state index is -1.43. The summed E-state index contributed by atoms with van der Waals surface area (Å²) in [4.78, 5) is 22.0. The number of ether oxygens (including phenoxy) is 2. The Balaban J connectivity index is 4.20. The lowest BCUT2D eigenvalue weighted by Gasteiger charge is -2.24. The first-order valence-corrected chi connectivity index (χ1v) is 5.15. The predicted molar refractivity (Wildman–Crippen MR) is 59.2 cm³/mol. The number of hydrogen-bond acceptors (Lipinski definition) is 5. The van der Waals surface area contributed by atoms with E-state index in [9.17, 15) is 14.7 Å². The Bertz CT molecular complexity index is 282. The fourth-order valence-corrected chi connectivity index (χ4v) is 0.888. The fraction of sp³-hybridized carbons (Fsp3) is 0.636. The molecule has 0 rings (SSSR count). The highest BCUT2D eigenvalue weighted by atomic mass is 16.6. The van der Waals surface area contributed by atoms with E-state index in [2.05, 4.69) is 11.9 Å². The van der Waals surface area contributed by atoms with E-state index in [0.717, 1.165) is 0 Å². The molecule has 1 N–H and O–H groups in total. The molecule has 0 aromatic carbocycles. The van der Waals surface area contributed by atoms with Crippen LogP contribution in [0.4, 0.5) is 4.79 Å². The molecular formula is C11H18NO5-. The summed E-state index contributed by atoms with van der Waals surface area (Å²) in [5, 5.41) is 12.9. The van der Waals surface area contributed by atoms with Crippen molar-refractivity contribution in [2.24, 2.45) is 0 Å². The number of carbonyl (C=O) groups excluding carboxylic acids is 2. The molecule has 1 amide bonds. The maximum atomic E-state index is 11.3. The number of aliphatic carboxylic acids is 1. The molecule has 0 aliphatic rings. The van der Waals surface area contributed by atoms with E-state index in [1.165, 1.54) is 6.08 Å². The molecule has 0 bridgehead atoms. The molecule has 17 heavy (non-hydrogen) atoms. The van der Waals surface area contributed by atoms with Crippen molar-refractivity contribution in [1.29, 1.82) is 0 Å². The Kier molecular flexibility index (Phi) is 6.27. The molecule has 0 spiro atoms. The monoisotopic (exact) mass is 244 g/mol. The van der Waals surface area contributed by atoms with Crippen LogP contribution in [-0.4, -0.2) is 36.9 Å². The molecule has 0 aromatic heterocycles. The first-order valence-electron chi connectivity index (χ1n) is 5.15. The van der Waals surface area contributed by atoms with E-state index in [1.807, 2.05) is 0 Å². The molecule has 0 aliphatic heterocycles. The smallest absolute Gasteiger partial charge is 0.408 e. The van der Waals surface area contributed by atoms with Crippen LogP contribution in [0.25, 0.3) is 0 Å². The van der Waals surface area contributed by atoms with Crippen molar-refractivity contribution in [2.45, 2.75) is 32.4 Å². The second-order valence-electron chi connectivity index (χ2n) is 4.34. The third-order valence-corrected chi connectivity index (χ3v) is 1.50. The minimum absolute atomic E-state index is 0.194. The van der Waals surface area contributed by atoms with Gasteiger partial charge >= 0.3 is 6.09 Å². The van der Waals surface area contributed by atoms with Gasteiger partial charge in [-0.1, -0.05) is 6.08 Å². The van der Waals surface area contributed by atoms with Crippen molar-refractivity contribution >= 4 is 12.1 Å². The first kappa shape index (κ1) is 15.4. The predicted octanol–water partition coefficient (Wildman–Crippen LogP) is -0.168. The summed E-state index contributed by atoms with van der Waals surface area (Å²) in [5.41, 5.74) is -0.692. The average molecular weight is 244 g/mol. The Morgan fingerprint density at radius 2 is 2.06 bits per heavy atom. The number of rotatable bonds is 6. The highest BCUT2D eigenvalue weighted by Gasteiger charge is 2.20. The highest BCUT2D eigenvalue weighted by Crippen LogP contribution is 2.06. The Morgan fingerprint density at radius 3 is 2.47 bits per heavy atom. The van der Waals surface area contributed by atoms with Gasteiger partial charge in [-0.3, -0.25) is 0 Å². The van der Waals surface area contributed by atoms with Crippen LogP contribution in [0.5, 0.6) is 0 Å². The van der Waals surface area contributed by atoms with Gasteiger partial charge in [-0.2, -0.15) is 0 Å². The highest BCUT2D eigenvalue weighted by molar-refractivity contribution is 5.78. The molecular weight excluding hydrogens is 226 g/mol. The first-order chi connectivity index (χ1) is 7.76. The van der Waals surface area contributed by atoms with Gasteiger partial charge in [0.05, 0.1) is 25.2 Å². The SMILES string of the molecule is C=CCOC[C@H](NC(=O)OC(C)(C)C)C(=O)[O-]. The summed E-state index contributed by atoms with van der Waals surface area (Å²) in [7, 11) is 0. The van der Waals surface area contributed by atoms with Gasteiger partial charge < -0.3 is 24.7 Å². The topological polar surface area (TPSA) is 87.7 Å². The second-order valence-corrected chi connectivity index (χ2v) is 4.34. The van der Waals surface area contributed by atoms with Gasteiger partial charge in [-0.25, -0.2) is 4.79 Å². The summed E-state index contributed by atoms with van der Waals surface area (Å²) in [5.74, 6) is -1.43. The normalized spacial score (nSPS) is 12.6. The van der Waals surface area contributed by atoms with E-state index >= 15 is 0 Å². The molecule has 0 fully saturated rings. The molecule has 0 aliphatic carbocycles.